The molecular weight excluding hydrogens is 404 g/mol. The quantitative estimate of drug-likeness (QED) is 0.578. The average molecular weight is 421 g/mol. The number of carbonyl (C=O) groups excluding carboxylic acids is 1. The monoisotopic (exact) mass is 420 g/mol. The van der Waals surface area contributed by atoms with Gasteiger partial charge in [0.05, 0.1) is 16.2 Å². The summed E-state index contributed by atoms with van der Waals surface area (Å²) in [5.74, 6) is -1.04. The summed E-state index contributed by atoms with van der Waals surface area (Å²) in [7, 11) is 1.72. The first-order valence-electron chi connectivity index (χ1n) is 8.75. The molecule has 0 aliphatic carbocycles. The zero-order valence-electron chi connectivity index (χ0n) is 15.4. The minimum Gasteiger partial charge on any atom is -0.478 e. The van der Waals surface area contributed by atoms with Crippen LogP contribution in [0.4, 0.5) is 5.69 Å². The lowest BCUT2D eigenvalue weighted by molar-refractivity contribution is -0.121. The molecular formula is C22H16N2O3S2. The van der Waals surface area contributed by atoms with Crippen LogP contribution in [0, 0.1) is 0 Å². The van der Waals surface area contributed by atoms with E-state index in [0.717, 1.165) is 21.7 Å². The maximum atomic E-state index is 12.6. The number of thioether (sulfide) groups is 1. The highest BCUT2D eigenvalue weighted by atomic mass is 32.2. The van der Waals surface area contributed by atoms with E-state index >= 15 is 0 Å². The van der Waals surface area contributed by atoms with Gasteiger partial charge in [0.1, 0.15) is 0 Å². The van der Waals surface area contributed by atoms with Gasteiger partial charge in [-0.3, -0.25) is 9.69 Å². The predicted molar refractivity (Wildman–Crippen MR) is 119 cm³/mol. The summed E-state index contributed by atoms with van der Waals surface area (Å²) in [6.45, 7) is 0. The highest BCUT2D eigenvalue weighted by Gasteiger charge is 2.30. The third kappa shape index (κ3) is 4.16. The second-order valence-corrected chi connectivity index (χ2v) is 8.28. The fraction of sp³-hybridized carbons (Fsp3) is 0.0455. The standard InChI is InChI=1S/C22H16N2O3S2/c1-24-20(25)19(29-22(24)23-17-8-3-2-4-9-17)12-18-11-16(13-28-18)14-6-5-7-15(10-14)21(26)27/h2-13H,1H3,(H,26,27). The Balaban J connectivity index is 1.59. The number of aliphatic imine (C=N–C) groups is 1. The molecule has 2 heterocycles. The van der Waals surface area contributed by atoms with Gasteiger partial charge in [0, 0.05) is 11.9 Å². The molecule has 5 nitrogen and oxygen atoms in total. The lowest BCUT2D eigenvalue weighted by Gasteiger charge is -2.06. The van der Waals surface area contributed by atoms with Gasteiger partial charge in [-0.2, -0.15) is 0 Å². The van der Waals surface area contributed by atoms with E-state index in [-0.39, 0.29) is 11.5 Å². The molecule has 2 aromatic carbocycles. The number of carbonyl (C=O) groups is 2. The molecule has 0 bridgehead atoms. The van der Waals surface area contributed by atoms with Crippen LogP contribution in [0.25, 0.3) is 17.2 Å². The van der Waals surface area contributed by atoms with E-state index in [0.29, 0.717) is 10.1 Å². The number of aromatic carboxylic acids is 1. The Bertz CT molecular complexity index is 1150. The van der Waals surface area contributed by atoms with Crippen LogP contribution in [0.5, 0.6) is 0 Å². The molecule has 1 amide bonds. The number of thiophene rings is 1. The van der Waals surface area contributed by atoms with Gasteiger partial charge in [-0.25, -0.2) is 9.79 Å². The first kappa shape index (κ1) is 19.2. The van der Waals surface area contributed by atoms with E-state index in [1.54, 1.807) is 30.1 Å². The van der Waals surface area contributed by atoms with Crippen LogP contribution in [0.1, 0.15) is 15.2 Å². The van der Waals surface area contributed by atoms with Crippen molar-refractivity contribution in [2.45, 2.75) is 0 Å². The Hall–Kier alpha value is -3.16. The molecule has 1 saturated heterocycles. The molecule has 7 heteroatoms. The molecule has 29 heavy (non-hydrogen) atoms. The molecule has 0 unspecified atom stereocenters. The van der Waals surface area contributed by atoms with Crippen LogP contribution in [0.2, 0.25) is 0 Å². The second kappa shape index (κ2) is 8.06. The normalized spacial score (nSPS) is 16.7. The molecule has 0 radical (unpaired) electrons. The number of carboxylic acids is 1. The Kier molecular flexibility index (Phi) is 5.33. The van der Waals surface area contributed by atoms with Crippen molar-refractivity contribution in [2.24, 2.45) is 4.99 Å². The summed E-state index contributed by atoms with van der Waals surface area (Å²) < 4.78 is 0. The zero-order chi connectivity index (χ0) is 20.4. The number of rotatable bonds is 4. The summed E-state index contributed by atoms with van der Waals surface area (Å²) in [5.41, 5.74) is 2.80. The smallest absolute Gasteiger partial charge is 0.335 e. The lowest BCUT2D eigenvalue weighted by Crippen LogP contribution is -2.23. The Morgan fingerprint density at radius 2 is 1.86 bits per heavy atom. The largest absolute Gasteiger partial charge is 0.478 e. The van der Waals surface area contributed by atoms with Crippen molar-refractivity contribution in [3.8, 4) is 11.1 Å². The SMILES string of the molecule is CN1C(=O)C(=Cc2cc(-c3cccc(C(=O)O)c3)cs2)SC1=Nc1ccccc1. The van der Waals surface area contributed by atoms with Crippen LogP contribution in [-0.2, 0) is 4.79 Å². The third-order valence-electron chi connectivity index (χ3n) is 4.32. The van der Waals surface area contributed by atoms with Gasteiger partial charge in [-0.05, 0) is 64.7 Å². The summed E-state index contributed by atoms with van der Waals surface area (Å²) >= 11 is 2.85. The van der Waals surface area contributed by atoms with Crippen LogP contribution in [-0.4, -0.2) is 34.1 Å². The van der Waals surface area contributed by atoms with Crippen molar-refractivity contribution in [1.29, 1.82) is 0 Å². The molecule has 1 aliphatic heterocycles. The number of para-hydroxylation sites is 1. The van der Waals surface area contributed by atoms with Crippen molar-refractivity contribution in [3.05, 3.63) is 81.4 Å². The average Bonchev–Trinajstić information content (AvgIpc) is 3.30. The fourth-order valence-electron chi connectivity index (χ4n) is 2.81. The van der Waals surface area contributed by atoms with Crippen molar-refractivity contribution < 1.29 is 14.7 Å². The zero-order valence-corrected chi connectivity index (χ0v) is 17.0. The first-order valence-corrected chi connectivity index (χ1v) is 10.4. The highest BCUT2D eigenvalue weighted by molar-refractivity contribution is 8.18. The molecule has 1 aliphatic rings. The van der Waals surface area contributed by atoms with Crippen LogP contribution in [0.15, 0.2) is 75.9 Å². The molecule has 144 valence electrons. The number of likely N-dealkylation sites (N-methyl/N-ethyl adjacent to an activating group) is 1. The molecule has 4 rings (SSSR count). The number of benzene rings is 2. The van der Waals surface area contributed by atoms with E-state index in [4.69, 9.17) is 0 Å². The van der Waals surface area contributed by atoms with Crippen LogP contribution in [0.3, 0.4) is 0 Å². The molecule has 1 N–H and O–H groups in total. The van der Waals surface area contributed by atoms with Crippen molar-refractivity contribution in [3.63, 3.8) is 0 Å². The van der Waals surface area contributed by atoms with Crippen molar-refractivity contribution >= 4 is 51.9 Å². The van der Waals surface area contributed by atoms with Gasteiger partial charge in [0.2, 0.25) is 0 Å². The van der Waals surface area contributed by atoms with Crippen molar-refractivity contribution in [1.82, 2.24) is 4.90 Å². The van der Waals surface area contributed by atoms with Gasteiger partial charge in [-0.1, -0.05) is 30.3 Å². The number of nitrogens with zero attached hydrogens (tertiary/aromatic N) is 2. The fourth-order valence-corrected chi connectivity index (χ4v) is 4.71. The summed E-state index contributed by atoms with van der Waals surface area (Å²) in [5, 5.41) is 11.8. The summed E-state index contributed by atoms with van der Waals surface area (Å²) in [4.78, 5) is 31.4. The van der Waals surface area contributed by atoms with E-state index in [2.05, 4.69) is 4.99 Å². The number of hydrogen-bond donors (Lipinski definition) is 1. The van der Waals surface area contributed by atoms with Gasteiger partial charge in [0.15, 0.2) is 5.17 Å². The molecule has 3 aromatic rings. The van der Waals surface area contributed by atoms with E-state index < -0.39 is 5.97 Å². The predicted octanol–water partition coefficient (Wildman–Crippen LogP) is 5.35. The number of hydrogen-bond acceptors (Lipinski definition) is 5. The molecule has 1 fully saturated rings. The summed E-state index contributed by atoms with van der Waals surface area (Å²) in [6.07, 6.45) is 1.85. The topological polar surface area (TPSA) is 70.0 Å². The molecule has 0 atom stereocenters. The molecule has 0 saturated carbocycles. The third-order valence-corrected chi connectivity index (χ3v) is 6.26. The maximum Gasteiger partial charge on any atom is 0.335 e. The Morgan fingerprint density at radius 1 is 1.07 bits per heavy atom. The van der Waals surface area contributed by atoms with Crippen molar-refractivity contribution in [2.75, 3.05) is 7.05 Å². The molecule has 1 aromatic heterocycles. The van der Waals surface area contributed by atoms with Gasteiger partial charge in [-0.15, -0.1) is 11.3 Å². The van der Waals surface area contributed by atoms with E-state index in [1.807, 2.05) is 53.9 Å². The van der Waals surface area contributed by atoms with Crippen LogP contribution < -0.4 is 0 Å². The van der Waals surface area contributed by atoms with Gasteiger partial charge < -0.3 is 5.11 Å². The van der Waals surface area contributed by atoms with E-state index in [1.165, 1.54) is 23.1 Å². The van der Waals surface area contributed by atoms with Gasteiger partial charge >= 0.3 is 5.97 Å². The first-order chi connectivity index (χ1) is 14.0. The minimum absolute atomic E-state index is 0.0903. The highest BCUT2D eigenvalue weighted by Crippen LogP contribution is 2.35. The number of carboxylic acid groups (broad SMARTS) is 1. The minimum atomic E-state index is -0.953. The summed E-state index contributed by atoms with van der Waals surface area (Å²) in [6, 6.07) is 18.3. The maximum absolute atomic E-state index is 12.6. The Labute approximate surface area is 176 Å². The van der Waals surface area contributed by atoms with E-state index in [9.17, 15) is 14.7 Å². The number of amides is 1. The molecule has 0 spiro atoms. The van der Waals surface area contributed by atoms with Crippen LogP contribution >= 0.6 is 23.1 Å². The Morgan fingerprint density at radius 3 is 2.62 bits per heavy atom. The lowest BCUT2D eigenvalue weighted by atomic mass is 10.1. The number of amidine groups is 1. The second-order valence-electron chi connectivity index (χ2n) is 6.33. The van der Waals surface area contributed by atoms with Gasteiger partial charge in [0.25, 0.3) is 5.91 Å².